The third kappa shape index (κ3) is 2.97. The van der Waals surface area contributed by atoms with Gasteiger partial charge in [-0.1, -0.05) is 45.4 Å². The maximum Gasteiger partial charge on any atom is 0.147 e. The lowest BCUT2D eigenvalue weighted by Crippen LogP contribution is -1.86. The maximum absolute atomic E-state index is 5.89. The molecule has 2 nitrogen and oxygen atoms in total. The van der Waals surface area contributed by atoms with Gasteiger partial charge < -0.3 is 0 Å². The van der Waals surface area contributed by atoms with Crippen molar-refractivity contribution in [1.82, 2.24) is 9.97 Å². The Morgan fingerprint density at radius 3 is 2.75 bits per heavy atom. The fourth-order valence-electron chi connectivity index (χ4n) is 1.05. The molecule has 0 spiro atoms. The van der Waals surface area contributed by atoms with Gasteiger partial charge in [0, 0.05) is 9.37 Å². The number of hydrogen-bond donors (Lipinski definition) is 0. The minimum atomic E-state index is 0.424. The van der Waals surface area contributed by atoms with Crippen molar-refractivity contribution in [1.29, 1.82) is 0 Å². The van der Waals surface area contributed by atoms with Crippen molar-refractivity contribution in [3.63, 3.8) is 0 Å². The van der Waals surface area contributed by atoms with E-state index in [0.717, 1.165) is 18.9 Å². The van der Waals surface area contributed by atoms with Crippen molar-refractivity contribution in [3.05, 3.63) is 44.7 Å². The quantitative estimate of drug-likeness (QED) is 0.700. The van der Waals surface area contributed by atoms with Crippen LogP contribution in [0, 0.1) is 0 Å². The van der Waals surface area contributed by atoms with Gasteiger partial charge in [0.2, 0.25) is 0 Å². The Kier molecular flexibility index (Phi) is 4.24. The van der Waals surface area contributed by atoms with Crippen molar-refractivity contribution in [2.75, 3.05) is 0 Å². The molecular weight excluding hydrogens is 375 g/mol. The summed E-state index contributed by atoms with van der Waals surface area (Å²) < 4.78 is 1.76. The van der Waals surface area contributed by atoms with Gasteiger partial charge >= 0.3 is 0 Å². The number of rotatable bonds is 2. The van der Waals surface area contributed by atoms with Gasteiger partial charge in [0.1, 0.15) is 16.5 Å². The van der Waals surface area contributed by atoms with E-state index in [1.54, 1.807) is 0 Å². The second-order valence-corrected chi connectivity index (χ2v) is 5.97. The molecule has 0 aliphatic heterocycles. The van der Waals surface area contributed by atoms with E-state index in [0.29, 0.717) is 5.15 Å². The summed E-state index contributed by atoms with van der Waals surface area (Å²) in [5.74, 6) is 0. The van der Waals surface area contributed by atoms with Gasteiger partial charge in [-0.3, -0.25) is 0 Å². The van der Waals surface area contributed by atoms with Gasteiger partial charge in [0.25, 0.3) is 0 Å². The summed E-state index contributed by atoms with van der Waals surface area (Å²) in [5, 5.41) is 1.23. The van der Waals surface area contributed by atoms with E-state index in [9.17, 15) is 0 Å². The molecule has 0 aliphatic rings. The van der Waals surface area contributed by atoms with Crippen LogP contribution in [0.3, 0.4) is 0 Å². The fraction of sp³-hybridized carbons (Fsp3) is 0. The fourth-order valence-corrected chi connectivity index (χ4v) is 3.08. The SMILES string of the molecule is Clc1ncnc(Sc2cccc(Br)c2)c1Br. The number of aromatic nitrogens is 2. The van der Waals surface area contributed by atoms with E-state index < -0.39 is 0 Å². The van der Waals surface area contributed by atoms with Gasteiger partial charge in [-0.2, -0.15) is 0 Å². The number of nitrogens with zero attached hydrogens (tertiary/aromatic N) is 2. The summed E-state index contributed by atoms with van der Waals surface area (Å²) >= 11 is 14.2. The molecule has 1 heterocycles. The van der Waals surface area contributed by atoms with Gasteiger partial charge in [0.15, 0.2) is 0 Å². The Morgan fingerprint density at radius 2 is 2.00 bits per heavy atom. The van der Waals surface area contributed by atoms with Crippen LogP contribution in [0.2, 0.25) is 5.15 Å². The molecular formula is C10H5Br2ClN2S. The molecule has 0 amide bonds. The molecule has 16 heavy (non-hydrogen) atoms. The second-order valence-electron chi connectivity index (χ2n) is 2.84. The molecule has 2 rings (SSSR count). The molecule has 0 atom stereocenters. The van der Waals surface area contributed by atoms with E-state index >= 15 is 0 Å². The highest BCUT2D eigenvalue weighted by Crippen LogP contribution is 2.35. The number of halogens is 3. The van der Waals surface area contributed by atoms with E-state index in [2.05, 4.69) is 41.8 Å². The van der Waals surface area contributed by atoms with Crippen LogP contribution in [0.1, 0.15) is 0 Å². The first-order valence-electron chi connectivity index (χ1n) is 4.26. The van der Waals surface area contributed by atoms with Crippen LogP contribution in [0.15, 0.2) is 49.5 Å². The van der Waals surface area contributed by atoms with Gasteiger partial charge in [0.05, 0.1) is 4.47 Å². The average molecular weight is 380 g/mol. The Hall–Kier alpha value is -0.100. The number of hydrogen-bond acceptors (Lipinski definition) is 3. The average Bonchev–Trinajstić information content (AvgIpc) is 2.25. The topological polar surface area (TPSA) is 25.8 Å². The van der Waals surface area contributed by atoms with E-state index in [1.165, 1.54) is 18.1 Å². The van der Waals surface area contributed by atoms with Crippen molar-refractivity contribution in [2.24, 2.45) is 0 Å². The first-order valence-corrected chi connectivity index (χ1v) is 7.04. The van der Waals surface area contributed by atoms with Gasteiger partial charge in [-0.05, 0) is 34.1 Å². The molecule has 1 aromatic carbocycles. The van der Waals surface area contributed by atoms with E-state index in [1.807, 2.05) is 24.3 Å². The lowest BCUT2D eigenvalue weighted by molar-refractivity contribution is 1.03. The Morgan fingerprint density at radius 1 is 1.19 bits per heavy atom. The minimum Gasteiger partial charge on any atom is -0.228 e. The van der Waals surface area contributed by atoms with E-state index in [4.69, 9.17) is 11.6 Å². The first kappa shape index (κ1) is 12.4. The van der Waals surface area contributed by atoms with E-state index in [-0.39, 0.29) is 0 Å². The zero-order chi connectivity index (χ0) is 11.5. The third-order valence-corrected chi connectivity index (χ3v) is 4.74. The summed E-state index contributed by atoms with van der Waals surface area (Å²) in [5.41, 5.74) is 0. The summed E-state index contributed by atoms with van der Waals surface area (Å²) in [6.07, 6.45) is 1.45. The Balaban J connectivity index is 2.31. The maximum atomic E-state index is 5.89. The Labute approximate surface area is 119 Å². The largest absolute Gasteiger partial charge is 0.228 e. The molecule has 0 bridgehead atoms. The molecule has 0 radical (unpaired) electrons. The molecule has 0 aliphatic carbocycles. The lowest BCUT2D eigenvalue weighted by Gasteiger charge is -2.04. The smallest absolute Gasteiger partial charge is 0.147 e. The monoisotopic (exact) mass is 378 g/mol. The van der Waals surface area contributed by atoms with Crippen molar-refractivity contribution in [3.8, 4) is 0 Å². The predicted molar refractivity (Wildman–Crippen MR) is 73.0 cm³/mol. The lowest BCUT2D eigenvalue weighted by atomic mass is 10.4. The summed E-state index contributed by atoms with van der Waals surface area (Å²) in [6, 6.07) is 7.99. The van der Waals surface area contributed by atoms with Crippen molar-refractivity contribution >= 4 is 55.2 Å². The Bertz CT molecular complexity index is 522. The van der Waals surface area contributed by atoms with Crippen LogP contribution >= 0.6 is 55.2 Å². The molecule has 0 fully saturated rings. The van der Waals surface area contributed by atoms with Crippen LogP contribution < -0.4 is 0 Å². The molecule has 0 saturated carbocycles. The number of benzene rings is 1. The molecule has 82 valence electrons. The predicted octanol–water partition coefficient (Wildman–Crippen LogP) is 4.81. The molecule has 1 aromatic heterocycles. The zero-order valence-electron chi connectivity index (χ0n) is 7.82. The molecule has 6 heteroatoms. The molecule has 0 saturated heterocycles. The molecule has 0 unspecified atom stereocenters. The zero-order valence-corrected chi connectivity index (χ0v) is 12.6. The molecule has 0 N–H and O–H groups in total. The van der Waals surface area contributed by atoms with Crippen LogP contribution in [0.5, 0.6) is 0 Å². The summed E-state index contributed by atoms with van der Waals surface area (Å²) in [6.45, 7) is 0. The van der Waals surface area contributed by atoms with Crippen LogP contribution in [0.25, 0.3) is 0 Å². The first-order chi connectivity index (χ1) is 7.66. The summed E-state index contributed by atoms with van der Waals surface area (Å²) in [7, 11) is 0. The van der Waals surface area contributed by atoms with Gasteiger partial charge in [-0.15, -0.1) is 0 Å². The van der Waals surface area contributed by atoms with Gasteiger partial charge in [-0.25, -0.2) is 9.97 Å². The van der Waals surface area contributed by atoms with Crippen molar-refractivity contribution in [2.45, 2.75) is 9.92 Å². The highest BCUT2D eigenvalue weighted by molar-refractivity contribution is 9.10. The highest BCUT2D eigenvalue weighted by atomic mass is 79.9. The minimum absolute atomic E-state index is 0.424. The van der Waals surface area contributed by atoms with Crippen molar-refractivity contribution < 1.29 is 0 Å². The standard InChI is InChI=1S/C10H5Br2ClN2S/c11-6-2-1-3-7(4-6)16-10-8(12)9(13)14-5-15-10/h1-5H. The highest BCUT2D eigenvalue weighted by Gasteiger charge is 2.08. The van der Waals surface area contributed by atoms with Crippen LogP contribution in [-0.2, 0) is 0 Å². The molecule has 2 aromatic rings. The second kappa shape index (κ2) is 5.49. The van der Waals surface area contributed by atoms with Crippen LogP contribution in [-0.4, -0.2) is 9.97 Å². The third-order valence-electron chi connectivity index (χ3n) is 1.73. The van der Waals surface area contributed by atoms with Crippen LogP contribution in [0.4, 0.5) is 0 Å². The summed E-state index contributed by atoms with van der Waals surface area (Å²) in [4.78, 5) is 9.14. The normalized spacial score (nSPS) is 10.4.